The molecule has 1 aliphatic carbocycles. The van der Waals surface area contributed by atoms with Gasteiger partial charge in [-0.2, -0.15) is 0 Å². The lowest BCUT2D eigenvalue weighted by atomic mass is 9.81. The molecule has 2 heterocycles. The van der Waals surface area contributed by atoms with Crippen molar-refractivity contribution >= 4 is 34.2 Å². The van der Waals surface area contributed by atoms with Gasteiger partial charge in [0.15, 0.2) is 5.13 Å². The van der Waals surface area contributed by atoms with Crippen LogP contribution in [0.5, 0.6) is 0 Å². The van der Waals surface area contributed by atoms with Gasteiger partial charge in [-0.1, -0.05) is 25.0 Å². The summed E-state index contributed by atoms with van der Waals surface area (Å²) in [6, 6.07) is 6.12. The molecule has 146 valence electrons. The average Bonchev–Trinajstić information content (AvgIpc) is 3.23. The molecule has 28 heavy (non-hydrogen) atoms. The number of fused-ring (bicyclic) bond motifs is 1. The Kier molecular flexibility index (Phi) is 5.02. The number of benzene rings is 1. The first kappa shape index (κ1) is 18.8. The predicted octanol–water partition coefficient (Wildman–Crippen LogP) is 3.54. The van der Waals surface area contributed by atoms with Gasteiger partial charge in [0.05, 0.1) is 17.5 Å². The zero-order valence-electron chi connectivity index (χ0n) is 16.0. The summed E-state index contributed by atoms with van der Waals surface area (Å²) in [4.78, 5) is 43.0. The summed E-state index contributed by atoms with van der Waals surface area (Å²) in [5, 5.41) is 5.09. The number of aryl methyl sites for hydroxylation is 2. The van der Waals surface area contributed by atoms with Crippen LogP contribution in [0.15, 0.2) is 23.6 Å². The molecule has 2 unspecified atom stereocenters. The summed E-state index contributed by atoms with van der Waals surface area (Å²) in [7, 11) is 0. The first-order valence-corrected chi connectivity index (χ1v) is 10.5. The molecule has 2 fully saturated rings. The van der Waals surface area contributed by atoms with Gasteiger partial charge in [-0.05, 0) is 43.9 Å². The number of nitrogens with zero attached hydrogens (tertiary/aromatic N) is 2. The van der Waals surface area contributed by atoms with E-state index >= 15 is 0 Å². The third-order valence-corrected chi connectivity index (χ3v) is 6.55. The van der Waals surface area contributed by atoms with Crippen molar-refractivity contribution in [3.05, 3.63) is 34.7 Å². The number of carbonyl (C=O) groups is 3. The van der Waals surface area contributed by atoms with E-state index in [1.165, 1.54) is 22.5 Å². The Labute approximate surface area is 168 Å². The highest BCUT2D eigenvalue weighted by Gasteiger charge is 2.48. The van der Waals surface area contributed by atoms with E-state index in [1.807, 2.05) is 17.5 Å². The number of hydrogen-bond acceptors (Lipinski definition) is 5. The zero-order valence-corrected chi connectivity index (χ0v) is 16.8. The van der Waals surface area contributed by atoms with Gasteiger partial charge in [-0.3, -0.25) is 19.3 Å². The van der Waals surface area contributed by atoms with Crippen LogP contribution < -0.4 is 5.32 Å². The van der Waals surface area contributed by atoms with E-state index in [-0.39, 0.29) is 36.1 Å². The molecule has 0 spiro atoms. The summed E-state index contributed by atoms with van der Waals surface area (Å²) in [5.74, 6) is -1.24. The van der Waals surface area contributed by atoms with Crippen molar-refractivity contribution in [2.45, 2.75) is 39.5 Å². The standard InChI is InChI=1S/C21H23N3O3S/c1-12-7-8-14(9-13(12)2)17-11-28-21(22-17)23-18(25)10-24-19(26)15-5-3-4-6-16(15)20(24)27/h7-9,11,15-16H,3-6,10H2,1-2H3,(H,22,23,25). The minimum Gasteiger partial charge on any atom is -0.300 e. The first-order valence-electron chi connectivity index (χ1n) is 9.62. The molecule has 6 nitrogen and oxygen atoms in total. The molecule has 1 aromatic heterocycles. The maximum atomic E-state index is 12.5. The number of nitrogens with one attached hydrogen (secondary N) is 1. The smallest absolute Gasteiger partial charge is 0.246 e. The summed E-state index contributed by atoms with van der Waals surface area (Å²) >= 11 is 1.33. The Bertz CT molecular complexity index is 928. The van der Waals surface area contributed by atoms with Crippen molar-refractivity contribution in [1.82, 2.24) is 9.88 Å². The van der Waals surface area contributed by atoms with Crippen molar-refractivity contribution < 1.29 is 14.4 Å². The molecular weight excluding hydrogens is 374 g/mol. The Hall–Kier alpha value is -2.54. The zero-order chi connectivity index (χ0) is 19.8. The molecule has 0 radical (unpaired) electrons. The van der Waals surface area contributed by atoms with Crippen LogP contribution in [0.1, 0.15) is 36.8 Å². The van der Waals surface area contributed by atoms with Crippen molar-refractivity contribution in [3.63, 3.8) is 0 Å². The lowest BCUT2D eigenvalue weighted by Crippen LogP contribution is -2.38. The van der Waals surface area contributed by atoms with Crippen LogP contribution in [0.4, 0.5) is 5.13 Å². The van der Waals surface area contributed by atoms with Crippen molar-refractivity contribution in [3.8, 4) is 11.3 Å². The summed E-state index contributed by atoms with van der Waals surface area (Å²) in [5.41, 5.74) is 4.19. The third kappa shape index (κ3) is 3.46. The highest BCUT2D eigenvalue weighted by Crippen LogP contribution is 2.38. The number of thiazole rings is 1. The molecule has 7 heteroatoms. The molecule has 4 rings (SSSR count). The fourth-order valence-electron chi connectivity index (χ4n) is 4.05. The van der Waals surface area contributed by atoms with Crippen LogP contribution in [-0.4, -0.2) is 34.2 Å². The molecule has 1 saturated heterocycles. The van der Waals surface area contributed by atoms with Gasteiger partial charge in [-0.25, -0.2) is 4.98 Å². The van der Waals surface area contributed by atoms with E-state index in [0.717, 1.165) is 41.8 Å². The largest absolute Gasteiger partial charge is 0.300 e. The molecule has 2 atom stereocenters. The molecule has 2 aliphatic rings. The second-order valence-electron chi connectivity index (χ2n) is 7.65. The van der Waals surface area contributed by atoms with Crippen LogP contribution in [0.2, 0.25) is 0 Å². The van der Waals surface area contributed by atoms with E-state index in [2.05, 4.69) is 30.2 Å². The Balaban J connectivity index is 1.42. The van der Waals surface area contributed by atoms with Crippen LogP contribution in [0.25, 0.3) is 11.3 Å². The van der Waals surface area contributed by atoms with E-state index < -0.39 is 0 Å². The number of hydrogen-bond donors (Lipinski definition) is 1. The molecular formula is C21H23N3O3S. The lowest BCUT2D eigenvalue weighted by molar-refractivity contribution is -0.142. The molecule has 3 amide bonds. The fraction of sp³-hybridized carbons (Fsp3) is 0.429. The number of amides is 3. The Morgan fingerprint density at radius 3 is 2.46 bits per heavy atom. The summed E-state index contributed by atoms with van der Waals surface area (Å²) in [6.07, 6.45) is 3.44. The maximum Gasteiger partial charge on any atom is 0.246 e. The summed E-state index contributed by atoms with van der Waals surface area (Å²) < 4.78 is 0. The van der Waals surface area contributed by atoms with E-state index in [0.29, 0.717) is 5.13 Å². The van der Waals surface area contributed by atoms with Gasteiger partial charge in [0.1, 0.15) is 6.54 Å². The highest BCUT2D eigenvalue weighted by atomic mass is 32.1. The summed E-state index contributed by atoms with van der Waals surface area (Å²) in [6.45, 7) is 3.88. The normalized spacial score (nSPS) is 21.7. The predicted molar refractivity (Wildman–Crippen MR) is 108 cm³/mol. The molecule has 2 aromatic rings. The SMILES string of the molecule is Cc1ccc(-c2csc(NC(=O)CN3C(=O)C4CCCCC4C3=O)n2)cc1C. The van der Waals surface area contributed by atoms with Crippen LogP contribution in [0, 0.1) is 25.7 Å². The Morgan fingerprint density at radius 2 is 1.82 bits per heavy atom. The van der Waals surface area contributed by atoms with E-state index in [1.54, 1.807) is 0 Å². The second-order valence-corrected chi connectivity index (χ2v) is 8.50. The number of aromatic nitrogens is 1. The highest BCUT2D eigenvalue weighted by molar-refractivity contribution is 7.14. The fourth-order valence-corrected chi connectivity index (χ4v) is 4.79. The van der Waals surface area contributed by atoms with Gasteiger partial charge < -0.3 is 5.32 Å². The van der Waals surface area contributed by atoms with Gasteiger partial charge in [0, 0.05) is 10.9 Å². The number of carbonyl (C=O) groups excluding carboxylic acids is 3. The maximum absolute atomic E-state index is 12.5. The van der Waals surface area contributed by atoms with Crippen molar-refractivity contribution in [2.75, 3.05) is 11.9 Å². The molecule has 1 N–H and O–H groups in total. The van der Waals surface area contributed by atoms with E-state index in [9.17, 15) is 14.4 Å². The molecule has 1 aliphatic heterocycles. The van der Waals surface area contributed by atoms with Crippen LogP contribution in [-0.2, 0) is 14.4 Å². The van der Waals surface area contributed by atoms with Gasteiger partial charge in [-0.15, -0.1) is 11.3 Å². The average molecular weight is 398 g/mol. The minimum atomic E-state index is -0.388. The van der Waals surface area contributed by atoms with E-state index in [4.69, 9.17) is 0 Å². The quantitative estimate of drug-likeness (QED) is 0.801. The van der Waals surface area contributed by atoms with Crippen molar-refractivity contribution in [2.24, 2.45) is 11.8 Å². The molecule has 1 aromatic carbocycles. The first-order chi connectivity index (χ1) is 13.4. The van der Waals surface area contributed by atoms with Crippen LogP contribution >= 0.6 is 11.3 Å². The lowest BCUT2D eigenvalue weighted by Gasteiger charge is -2.19. The van der Waals surface area contributed by atoms with Gasteiger partial charge >= 0.3 is 0 Å². The van der Waals surface area contributed by atoms with Gasteiger partial charge in [0.2, 0.25) is 17.7 Å². The number of likely N-dealkylation sites (tertiary alicyclic amines) is 1. The number of anilines is 1. The van der Waals surface area contributed by atoms with Crippen LogP contribution in [0.3, 0.4) is 0 Å². The third-order valence-electron chi connectivity index (χ3n) is 5.79. The van der Waals surface area contributed by atoms with Crippen molar-refractivity contribution in [1.29, 1.82) is 0 Å². The Morgan fingerprint density at radius 1 is 1.14 bits per heavy atom. The second kappa shape index (κ2) is 7.47. The topological polar surface area (TPSA) is 79.4 Å². The molecule has 1 saturated carbocycles. The molecule has 0 bridgehead atoms. The monoisotopic (exact) mass is 397 g/mol. The van der Waals surface area contributed by atoms with Gasteiger partial charge in [0.25, 0.3) is 0 Å². The number of imide groups is 1. The minimum absolute atomic E-state index is 0.195. The number of rotatable bonds is 4.